The zero-order chi connectivity index (χ0) is 15.6. The third-order valence-corrected chi connectivity index (χ3v) is 4.67. The molecule has 0 bridgehead atoms. The predicted molar refractivity (Wildman–Crippen MR) is 86.9 cm³/mol. The number of carbonyl (C=O) groups is 1. The standard InChI is InChI=1S/C19H19NO3/c21-19(16-6-7-17-18(12-16)23-13-22-17)20-10-8-15(9-11-20)14-4-2-1-3-5-14/h1-7,12,15H,8-11,13H2. The summed E-state index contributed by atoms with van der Waals surface area (Å²) in [6.45, 7) is 1.83. The minimum Gasteiger partial charge on any atom is -0.454 e. The maximum absolute atomic E-state index is 12.7. The summed E-state index contributed by atoms with van der Waals surface area (Å²) in [7, 11) is 0. The second-order valence-electron chi connectivity index (χ2n) is 6.05. The second-order valence-corrected chi connectivity index (χ2v) is 6.05. The monoisotopic (exact) mass is 309 g/mol. The molecule has 2 aromatic rings. The van der Waals surface area contributed by atoms with Gasteiger partial charge in [-0.25, -0.2) is 0 Å². The van der Waals surface area contributed by atoms with Gasteiger partial charge in [0.25, 0.3) is 5.91 Å². The molecular weight excluding hydrogens is 290 g/mol. The number of hydrogen-bond acceptors (Lipinski definition) is 3. The van der Waals surface area contributed by atoms with Crippen LogP contribution in [0.5, 0.6) is 11.5 Å². The van der Waals surface area contributed by atoms with Crippen molar-refractivity contribution < 1.29 is 14.3 Å². The molecule has 0 aliphatic carbocycles. The molecule has 0 N–H and O–H groups in total. The summed E-state index contributed by atoms with van der Waals surface area (Å²) in [5.41, 5.74) is 2.05. The maximum atomic E-state index is 12.7. The molecule has 1 saturated heterocycles. The smallest absolute Gasteiger partial charge is 0.253 e. The molecule has 1 fully saturated rings. The molecule has 4 rings (SSSR count). The first-order valence-electron chi connectivity index (χ1n) is 8.05. The first kappa shape index (κ1) is 14.1. The van der Waals surface area contributed by atoms with Crippen molar-refractivity contribution in [1.29, 1.82) is 0 Å². The molecule has 23 heavy (non-hydrogen) atoms. The minimum atomic E-state index is 0.0785. The first-order valence-corrected chi connectivity index (χ1v) is 8.05. The molecule has 0 unspecified atom stereocenters. The largest absolute Gasteiger partial charge is 0.454 e. The lowest BCUT2D eigenvalue weighted by Crippen LogP contribution is -2.37. The molecule has 0 atom stereocenters. The van der Waals surface area contributed by atoms with Gasteiger partial charge in [0.15, 0.2) is 11.5 Å². The normalized spacial score (nSPS) is 17.3. The van der Waals surface area contributed by atoms with E-state index in [0.29, 0.717) is 23.0 Å². The SMILES string of the molecule is O=C(c1ccc2c(c1)OCO2)N1CCC(c2ccccc2)CC1. The van der Waals surface area contributed by atoms with Crippen LogP contribution in [0.3, 0.4) is 0 Å². The fraction of sp³-hybridized carbons (Fsp3) is 0.316. The van der Waals surface area contributed by atoms with E-state index in [1.54, 1.807) is 6.07 Å². The Labute approximate surface area is 135 Å². The van der Waals surface area contributed by atoms with Crippen molar-refractivity contribution in [3.05, 3.63) is 59.7 Å². The van der Waals surface area contributed by atoms with Gasteiger partial charge in [-0.05, 0) is 42.5 Å². The Kier molecular flexibility index (Phi) is 3.66. The third kappa shape index (κ3) is 2.77. The molecule has 2 aliphatic rings. The van der Waals surface area contributed by atoms with Gasteiger partial charge >= 0.3 is 0 Å². The van der Waals surface area contributed by atoms with Gasteiger partial charge in [0, 0.05) is 18.7 Å². The van der Waals surface area contributed by atoms with E-state index >= 15 is 0 Å². The van der Waals surface area contributed by atoms with Crippen LogP contribution in [0.15, 0.2) is 48.5 Å². The highest BCUT2D eigenvalue weighted by atomic mass is 16.7. The molecule has 0 spiro atoms. The average molecular weight is 309 g/mol. The van der Waals surface area contributed by atoms with E-state index < -0.39 is 0 Å². The van der Waals surface area contributed by atoms with Gasteiger partial charge in [0.05, 0.1) is 0 Å². The van der Waals surface area contributed by atoms with Crippen molar-refractivity contribution in [2.45, 2.75) is 18.8 Å². The van der Waals surface area contributed by atoms with Gasteiger partial charge < -0.3 is 14.4 Å². The van der Waals surface area contributed by atoms with Crippen LogP contribution >= 0.6 is 0 Å². The van der Waals surface area contributed by atoms with Crippen molar-refractivity contribution in [3.8, 4) is 11.5 Å². The van der Waals surface area contributed by atoms with Crippen LogP contribution in [0, 0.1) is 0 Å². The van der Waals surface area contributed by atoms with E-state index in [4.69, 9.17) is 9.47 Å². The molecule has 118 valence electrons. The van der Waals surface area contributed by atoms with Crippen LogP contribution in [0.4, 0.5) is 0 Å². The Balaban J connectivity index is 1.43. The number of carbonyl (C=O) groups excluding carboxylic acids is 1. The van der Waals surface area contributed by atoms with Crippen molar-refractivity contribution >= 4 is 5.91 Å². The molecule has 1 amide bonds. The van der Waals surface area contributed by atoms with Crippen LogP contribution in [0.25, 0.3) is 0 Å². The van der Waals surface area contributed by atoms with Gasteiger partial charge in [-0.3, -0.25) is 4.79 Å². The van der Waals surface area contributed by atoms with Gasteiger partial charge in [0.2, 0.25) is 6.79 Å². The predicted octanol–water partition coefficient (Wildman–Crippen LogP) is 3.44. The fourth-order valence-electron chi connectivity index (χ4n) is 3.35. The van der Waals surface area contributed by atoms with Crippen LogP contribution in [-0.4, -0.2) is 30.7 Å². The summed E-state index contributed by atoms with van der Waals surface area (Å²) in [5.74, 6) is 2.01. The number of ether oxygens (including phenoxy) is 2. The van der Waals surface area contributed by atoms with Crippen LogP contribution in [-0.2, 0) is 0 Å². The van der Waals surface area contributed by atoms with Crippen molar-refractivity contribution in [1.82, 2.24) is 4.90 Å². The summed E-state index contributed by atoms with van der Waals surface area (Å²) in [4.78, 5) is 14.6. The number of benzene rings is 2. The number of rotatable bonds is 2. The highest BCUT2D eigenvalue weighted by Crippen LogP contribution is 2.33. The molecule has 4 nitrogen and oxygen atoms in total. The number of fused-ring (bicyclic) bond motifs is 1. The van der Waals surface area contributed by atoms with Gasteiger partial charge in [0.1, 0.15) is 0 Å². The lowest BCUT2D eigenvalue weighted by molar-refractivity contribution is 0.0712. The van der Waals surface area contributed by atoms with Gasteiger partial charge in [-0.15, -0.1) is 0 Å². The summed E-state index contributed by atoms with van der Waals surface area (Å²) in [6.07, 6.45) is 2.03. The van der Waals surface area contributed by atoms with Crippen molar-refractivity contribution in [2.24, 2.45) is 0 Å². The number of piperidine rings is 1. The van der Waals surface area contributed by atoms with Crippen LogP contribution < -0.4 is 9.47 Å². The Morgan fingerprint density at radius 1 is 0.957 bits per heavy atom. The van der Waals surface area contributed by atoms with E-state index in [1.807, 2.05) is 23.1 Å². The van der Waals surface area contributed by atoms with E-state index in [-0.39, 0.29) is 12.7 Å². The van der Waals surface area contributed by atoms with Gasteiger partial charge in [-0.2, -0.15) is 0 Å². The van der Waals surface area contributed by atoms with Crippen LogP contribution in [0.2, 0.25) is 0 Å². The van der Waals surface area contributed by atoms with Gasteiger partial charge in [-0.1, -0.05) is 30.3 Å². The molecule has 2 aliphatic heterocycles. The third-order valence-electron chi connectivity index (χ3n) is 4.67. The van der Waals surface area contributed by atoms with Crippen molar-refractivity contribution in [2.75, 3.05) is 19.9 Å². The lowest BCUT2D eigenvalue weighted by Gasteiger charge is -2.32. The topological polar surface area (TPSA) is 38.8 Å². The Hall–Kier alpha value is -2.49. The molecular formula is C19H19NO3. The summed E-state index contributed by atoms with van der Waals surface area (Å²) >= 11 is 0. The molecule has 4 heteroatoms. The lowest BCUT2D eigenvalue weighted by atomic mass is 9.89. The van der Waals surface area contributed by atoms with E-state index in [2.05, 4.69) is 24.3 Å². The molecule has 0 saturated carbocycles. The molecule has 0 radical (unpaired) electrons. The van der Waals surface area contributed by atoms with E-state index in [1.165, 1.54) is 5.56 Å². The number of amides is 1. The Bertz CT molecular complexity index is 706. The first-order chi connectivity index (χ1) is 11.3. The van der Waals surface area contributed by atoms with E-state index in [0.717, 1.165) is 25.9 Å². The maximum Gasteiger partial charge on any atom is 0.253 e. The minimum absolute atomic E-state index is 0.0785. The molecule has 0 aromatic heterocycles. The summed E-state index contributed by atoms with van der Waals surface area (Å²) < 4.78 is 10.7. The second kappa shape index (κ2) is 5.95. The summed E-state index contributed by atoms with van der Waals surface area (Å²) in [5, 5.41) is 0. The van der Waals surface area contributed by atoms with E-state index in [9.17, 15) is 4.79 Å². The van der Waals surface area contributed by atoms with Crippen LogP contribution in [0.1, 0.15) is 34.7 Å². The zero-order valence-corrected chi connectivity index (χ0v) is 12.9. The fourth-order valence-corrected chi connectivity index (χ4v) is 3.35. The quantitative estimate of drug-likeness (QED) is 0.853. The highest BCUT2D eigenvalue weighted by Gasteiger charge is 2.25. The zero-order valence-electron chi connectivity index (χ0n) is 12.9. The number of nitrogens with zero attached hydrogens (tertiary/aromatic N) is 1. The van der Waals surface area contributed by atoms with Crippen molar-refractivity contribution in [3.63, 3.8) is 0 Å². The Morgan fingerprint density at radius 3 is 2.48 bits per heavy atom. The number of likely N-dealkylation sites (tertiary alicyclic amines) is 1. The summed E-state index contributed by atoms with van der Waals surface area (Å²) in [6, 6.07) is 16.0. The molecule has 2 heterocycles. The average Bonchev–Trinajstić information content (AvgIpc) is 3.10. The molecule has 2 aromatic carbocycles. The number of hydrogen-bond donors (Lipinski definition) is 0. The Morgan fingerprint density at radius 2 is 1.70 bits per heavy atom. The highest BCUT2D eigenvalue weighted by molar-refractivity contribution is 5.95.